The Kier molecular flexibility index (Phi) is 2.88. The summed E-state index contributed by atoms with van der Waals surface area (Å²) in [5.41, 5.74) is 6.32. The smallest absolute Gasteiger partial charge is 0.279 e. The molecule has 0 unspecified atom stereocenters. The third-order valence-corrected chi connectivity index (χ3v) is 4.84. The van der Waals surface area contributed by atoms with Gasteiger partial charge in [0, 0.05) is 11.8 Å². The molecule has 0 spiro atoms. The molecule has 1 heterocycles. The lowest BCUT2D eigenvalue weighted by Gasteiger charge is -2.12. The summed E-state index contributed by atoms with van der Waals surface area (Å²) < 4.78 is 0. The minimum Gasteiger partial charge on any atom is -0.392 e. The lowest BCUT2D eigenvalue weighted by Crippen LogP contribution is -2.24. The number of imide groups is 1. The number of hydrogen-bond acceptors (Lipinski definition) is 4. The zero-order chi connectivity index (χ0) is 17.8. The Morgan fingerprint density at radius 3 is 2.15 bits per heavy atom. The van der Waals surface area contributed by atoms with E-state index in [0.29, 0.717) is 0 Å². The second-order valence-corrected chi connectivity index (χ2v) is 6.31. The molecule has 0 radical (unpaired) electrons. The molecule has 5 heteroatoms. The number of carbonyl (C=O) groups excluding carboxylic acids is 2. The van der Waals surface area contributed by atoms with Crippen LogP contribution in [0.4, 0.5) is 0 Å². The molecule has 3 N–H and O–H groups in total. The van der Waals surface area contributed by atoms with Crippen LogP contribution in [0.2, 0.25) is 0 Å². The molecule has 0 bridgehead atoms. The molecule has 124 valence electrons. The fourth-order valence-corrected chi connectivity index (χ4v) is 3.59. The van der Waals surface area contributed by atoms with Crippen molar-refractivity contribution in [1.82, 2.24) is 5.32 Å². The van der Waals surface area contributed by atoms with E-state index in [2.05, 4.69) is 52.8 Å². The van der Waals surface area contributed by atoms with Crippen molar-refractivity contribution >= 4 is 50.3 Å². The lowest BCUT2D eigenvalue weighted by atomic mass is 9.92. The summed E-state index contributed by atoms with van der Waals surface area (Å²) in [7, 11) is 0. The van der Waals surface area contributed by atoms with Crippen LogP contribution in [0.1, 0.15) is 5.56 Å². The Labute approximate surface area is 148 Å². The number of nitrogens with two attached hydrogens (primary N) is 1. The molecule has 0 atom stereocenters. The van der Waals surface area contributed by atoms with E-state index >= 15 is 0 Å². The molecule has 26 heavy (non-hydrogen) atoms. The Morgan fingerprint density at radius 2 is 1.46 bits per heavy atom. The van der Waals surface area contributed by atoms with Crippen molar-refractivity contribution in [3.63, 3.8) is 0 Å². The van der Waals surface area contributed by atoms with Gasteiger partial charge in [-0.3, -0.25) is 14.9 Å². The monoisotopic (exact) mass is 339 g/mol. The van der Waals surface area contributed by atoms with Crippen LogP contribution < -0.4 is 11.1 Å². The number of nitrogens with one attached hydrogen (secondary N) is 1. The number of hydrogen-bond donors (Lipinski definition) is 2. The van der Waals surface area contributed by atoms with Gasteiger partial charge >= 0.3 is 0 Å². The first-order chi connectivity index (χ1) is 12.6. The summed E-state index contributed by atoms with van der Waals surface area (Å²) >= 11 is 0. The standard InChI is InChI=1S/C21H13N3O2/c22-18-19(21(26)24-20(18)25)23-10-14-7-6-13-5-4-11-2-1-3-12-8-9-15(14)17(13)16(11)12/h1-10H,(H3,22,24,25,26). The summed E-state index contributed by atoms with van der Waals surface area (Å²) in [6, 6.07) is 18.6. The lowest BCUT2D eigenvalue weighted by molar-refractivity contribution is -0.124. The summed E-state index contributed by atoms with van der Waals surface area (Å²) in [6.45, 7) is 0. The zero-order valence-electron chi connectivity index (χ0n) is 13.6. The number of benzene rings is 4. The maximum Gasteiger partial charge on any atom is 0.279 e. The number of nitrogens with zero attached hydrogens (tertiary/aromatic N) is 1. The van der Waals surface area contributed by atoms with E-state index < -0.39 is 11.8 Å². The number of carbonyl (C=O) groups is 2. The van der Waals surface area contributed by atoms with Crippen LogP contribution in [0.25, 0.3) is 32.3 Å². The van der Waals surface area contributed by atoms with Gasteiger partial charge in [0.15, 0.2) is 5.70 Å². The van der Waals surface area contributed by atoms with Gasteiger partial charge in [0.05, 0.1) is 0 Å². The second kappa shape index (κ2) is 5.13. The van der Waals surface area contributed by atoms with Gasteiger partial charge in [0.1, 0.15) is 5.70 Å². The first-order valence-electron chi connectivity index (χ1n) is 8.19. The zero-order valence-corrected chi connectivity index (χ0v) is 13.6. The van der Waals surface area contributed by atoms with E-state index in [-0.39, 0.29) is 11.4 Å². The highest BCUT2D eigenvalue weighted by atomic mass is 16.2. The van der Waals surface area contributed by atoms with Crippen molar-refractivity contribution in [3.05, 3.63) is 71.6 Å². The largest absolute Gasteiger partial charge is 0.392 e. The highest BCUT2D eigenvalue weighted by Gasteiger charge is 2.27. The van der Waals surface area contributed by atoms with Gasteiger partial charge in [-0.1, -0.05) is 54.6 Å². The normalized spacial score (nSPS) is 15.2. The second-order valence-electron chi connectivity index (χ2n) is 6.31. The van der Waals surface area contributed by atoms with Gasteiger partial charge < -0.3 is 5.73 Å². The molecule has 0 aliphatic carbocycles. The van der Waals surface area contributed by atoms with E-state index in [1.54, 1.807) is 6.21 Å². The van der Waals surface area contributed by atoms with Crippen molar-refractivity contribution in [2.24, 2.45) is 10.7 Å². The van der Waals surface area contributed by atoms with Crippen molar-refractivity contribution < 1.29 is 9.59 Å². The van der Waals surface area contributed by atoms with Gasteiger partial charge in [-0.15, -0.1) is 0 Å². The SMILES string of the molecule is NC1=C(N=Cc2ccc3ccc4cccc5ccc2c3c45)C(=O)NC1=O. The van der Waals surface area contributed by atoms with Crippen LogP contribution in [-0.2, 0) is 9.59 Å². The van der Waals surface area contributed by atoms with Crippen LogP contribution in [0.5, 0.6) is 0 Å². The molecule has 4 aromatic carbocycles. The predicted molar refractivity (Wildman–Crippen MR) is 102 cm³/mol. The molecule has 5 rings (SSSR count). The third kappa shape index (κ3) is 1.94. The maximum atomic E-state index is 11.8. The molecule has 0 fully saturated rings. The third-order valence-electron chi connectivity index (χ3n) is 4.84. The van der Waals surface area contributed by atoms with Crippen LogP contribution in [0.15, 0.2) is 71.0 Å². The van der Waals surface area contributed by atoms with Gasteiger partial charge in [-0.25, -0.2) is 4.99 Å². The first kappa shape index (κ1) is 14.6. The molecular weight excluding hydrogens is 326 g/mol. The van der Waals surface area contributed by atoms with Crippen molar-refractivity contribution in [3.8, 4) is 0 Å². The molecule has 2 amide bonds. The Morgan fingerprint density at radius 1 is 0.808 bits per heavy atom. The fraction of sp³-hybridized carbons (Fsp3) is 0. The van der Waals surface area contributed by atoms with Crippen molar-refractivity contribution in [2.75, 3.05) is 0 Å². The molecule has 1 aliphatic heterocycles. The highest BCUT2D eigenvalue weighted by Crippen LogP contribution is 2.35. The molecule has 0 saturated carbocycles. The Balaban J connectivity index is 1.75. The Hall–Kier alpha value is -3.73. The van der Waals surface area contributed by atoms with E-state index in [9.17, 15) is 9.59 Å². The minimum absolute atomic E-state index is 0.0410. The average Bonchev–Trinajstić information content (AvgIpc) is 2.90. The Bertz CT molecular complexity index is 1290. The van der Waals surface area contributed by atoms with E-state index in [1.165, 1.54) is 21.5 Å². The molecule has 5 nitrogen and oxygen atoms in total. The summed E-state index contributed by atoms with van der Waals surface area (Å²) in [5, 5.41) is 9.07. The number of aliphatic imine (C=N–C) groups is 1. The van der Waals surface area contributed by atoms with Gasteiger partial charge in [-0.2, -0.15) is 0 Å². The number of rotatable bonds is 2. The summed E-state index contributed by atoms with van der Waals surface area (Å²) in [5.74, 6) is -1.17. The van der Waals surface area contributed by atoms with Crippen LogP contribution in [-0.4, -0.2) is 18.0 Å². The first-order valence-corrected chi connectivity index (χ1v) is 8.19. The molecular formula is C21H13N3O2. The van der Waals surface area contributed by atoms with Crippen LogP contribution in [0.3, 0.4) is 0 Å². The van der Waals surface area contributed by atoms with Crippen molar-refractivity contribution in [2.45, 2.75) is 0 Å². The topological polar surface area (TPSA) is 84.5 Å². The summed E-state index contributed by atoms with van der Waals surface area (Å²) in [6.07, 6.45) is 1.59. The van der Waals surface area contributed by atoms with Gasteiger partial charge in [0.25, 0.3) is 11.8 Å². The highest BCUT2D eigenvalue weighted by molar-refractivity contribution is 6.25. The molecule has 0 saturated heterocycles. The van der Waals surface area contributed by atoms with Gasteiger partial charge in [0.2, 0.25) is 0 Å². The van der Waals surface area contributed by atoms with Crippen LogP contribution >= 0.6 is 0 Å². The molecule has 0 aromatic heterocycles. The molecule has 1 aliphatic rings. The minimum atomic E-state index is -0.600. The quantitative estimate of drug-likeness (QED) is 0.335. The predicted octanol–water partition coefficient (Wildman–Crippen LogP) is 2.83. The maximum absolute atomic E-state index is 11.8. The molecule has 4 aromatic rings. The number of amides is 2. The van der Waals surface area contributed by atoms with E-state index in [4.69, 9.17) is 5.73 Å². The average molecular weight is 339 g/mol. The van der Waals surface area contributed by atoms with E-state index in [1.807, 2.05) is 12.1 Å². The summed E-state index contributed by atoms with van der Waals surface area (Å²) in [4.78, 5) is 27.4. The van der Waals surface area contributed by atoms with Crippen molar-refractivity contribution in [1.29, 1.82) is 0 Å². The van der Waals surface area contributed by atoms with Crippen LogP contribution in [0, 0.1) is 0 Å². The van der Waals surface area contributed by atoms with Gasteiger partial charge in [-0.05, 0) is 32.3 Å². The fourth-order valence-electron chi connectivity index (χ4n) is 3.59. The van der Waals surface area contributed by atoms with E-state index in [0.717, 1.165) is 16.3 Å².